The van der Waals surface area contributed by atoms with Gasteiger partial charge in [-0.15, -0.1) is 0 Å². The lowest BCUT2D eigenvalue weighted by molar-refractivity contribution is -0.0193. The molecule has 1 aromatic heterocycles. The van der Waals surface area contributed by atoms with E-state index in [2.05, 4.69) is 204 Å². The summed E-state index contributed by atoms with van der Waals surface area (Å²) in [6.07, 6.45) is 7.35. The first kappa shape index (κ1) is 34.1. The lowest BCUT2D eigenvalue weighted by Gasteiger charge is -2.54. The molecule has 3 bridgehead atoms. The van der Waals surface area contributed by atoms with Crippen LogP contribution in [0.3, 0.4) is 0 Å². The van der Waals surface area contributed by atoms with Crippen molar-refractivity contribution in [1.29, 1.82) is 0 Å². The molecule has 2 nitrogen and oxygen atoms in total. The molecular weight excluding hydrogens is 737 g/mol. The van der Waals surface area contributed by atoms with Crippen LogP contribution in [0.5, 0.6) is 0 Å². The molecule has 4 saturated carbocycles. The van der Waals surface area contributed by atoms with E-state index in [9.17, 15) is 0 Å². The number of aromatic nitrogens is 1. The second-order valence-electron chi connectivity index (χ2n) is 19.0. The smallest absolute Gasteiger partial charge is 0.0541 e. The number of benzene rings is 8. The maximum atomic E-state index is 2.57. The van der Waals surface area contributed by atoms with Crippen molar-refractivity contribution in [3.05, 3.63) is 205 Å². The number of nitrogens with zero attached hydrogens (tertiary/aromatic N) is 2. The topological polar surface area (TPSA) is 8.17 Å². The van der Waals surface area contributed by atoms with Crippen LogP contribution in [0, 0.1) is 29.1 Å². The molecule has 14 rings (SSSR count). The van der Waals surface area contributed by atoms with E-state index < -0.39 is 0 Å². The zero-order valence-corrected chi connectivity index (χ0v) is 34.2. The average molecular weight is 783 g/mol. The van der Waals surface area contributed by atoms with Gasteiger partial charge in [-0.2, -0.15) is 0 Å². The van der Waals surface area contributed by atoms with Gasteiger partial charge in [0, 0.05) is 38.9 Å². The van der Waals surface area contributed by atoms with Gasteiger partial charge in [0.05, 0.1) is 11.0 Å². The van der Waals surface area contributed by atoms with Crippen LogP contribution in [0.1, 0.15) is 43.2 Å². The molecule has 0 radical (unpaired) electrons. The minimum Gasteiger partial charge on any atom is -0.311 e. The predicted molar refractivity (Wildman–Crippen MR) is 252 cm³/mol. The van der Waals surface area contributed by atoms with Gasteiger partial charge in [0.25, 0.3) is 0 Å². The highest BCUT2D eigenvalue weighted by molar-refractivity contribution is 6.09. The summed E-state index contributed by atoms with van der Waals surface area (Å²) in [5.41, 5.74) is 19.1. The summed E-state index contributed by atoms with van der Waals surface area (Å²) in [4.78, 5) is 2.40. The fourth-order valence-electron chi connectivity index (χ4n) is 14.3. The molecule has 5 aliphatic carbocycles. The van der Waals surface area contributed by atoms with Crippen molar-refractivity contribution in [3.63, 3.8) is 0 Å². The summed E-state index contributed by atoms with van der Waals surface area (Å²) in [5.74, 6) is 3.56. The van der Waals surface area contributed by atoms with Crippen LogP contribution >= 0.6 is 0 Å². The Hall–Kier alpha value is -6.64. The Balaban J connectivity index is 0.848. The molecule has 5 aliphatic rings. The Morgan fingerprint density at radius 3 is 1.67 bits per heavy atom. The summed E-state index contributed by atoms with van der Waals surface area (Å²) in [5, 5.41) is 2.55. The van der Waals surface area contributed by atoms with Gasteiger partial charge < -0.3 is 9.47 Å². The molecule has 0 amide bonds. The van der Waals surface area contributed by atoms with E-state index in [1.165, 1.54) is 87.3 Å². The third-order valence-electron chi connectivity index (χ3n) is 16.5. The number of anilines is 3. The van der Waals surface area contributed by atoms with Crippen molar-refractivity contribution in [3.8, 4) is 39.1 Å². The quantitative estimate of drug-likeness (QED) is 0.163. The minimum absolute atomic E-state index is 0.216. The highest BCUT2D eigenvalue weighted by Crippen LogP contribution is 2.83. The number of rotatable bonds is 6. The zero-order chi connectivity index (χ0) is 39.9. The van der Waals surface area contributed by atoms with Gasteiger partial charge in [0.2, 0.25) is 0 Å². The van der Waals surface area contributed by atoms with Crippen LogP contribution in [0.25, 0.3) is 60.9 Å². The van der Waals surface area contributed by atoms with Crippen molar-refractivity contribution in [2.75, 3.05) is 4.90 Å². The van der Waals surface area contributed by atoms with E-state index in [1.807, 2.05) is 0 Å². The van der Waals surface area contributed by atoms with Gasteiger partial charge in [0.15, 0.2) is 0 Å². The van der Waals surface area contributed by atoms with Gasteiger partial charge in [-0.25, -0.2) is 0 Å². The summed E-state index contributed by atoms with van der Waals surface area (Å²) < 4.78 is 2.39. The molecule has 0 aliphatic heterocycles. The van der Waals surface area contributed by atoms with E-state index in [-0.39, 0.29) is 5.41 Å². The van der Waals surface area contributed by atoms with Crippen LogP contribution in [0.2, 0.25) is 0 Å². The molecule has 2 spiro atoms. The second-order valence-corrected chi connectivity index (χ2v) is 19.0. The molecule has 0 N–H and O–H groups in total. The lowest BCUT2D eigenvalue weighted by Crippen LogP contribution is -2.50. The average Bonchev–Trinajstić information content (AvgIpc) is 3.92. The Morgan fingerprint density at radius 2 is 0.967 bits per heavy atom. The summed E-state index contributed by atoms with van der Waals surface area (Å²) >= 11 is 0. The van der Waals surface area contributed by atoms with E-state index in [1.54, 1.807) is 11.1 Å². The molecular formula is C59H46N2. The number of para-hydroxylation sites is 2. The molecule has 6 unspecified atom stereocenters. The van der Waals surface area contributed by atoms with Gasteiger partial charge in [0.1, 0.15) is 0 Å². The molecule has 9 aromatic rings. The number of fused-ring (bicyclic) bond motifs is 12. The fourth-order valence-corrected chi connectivity index (χ4v) is 14.3. The summed E-state index contributed by atoms with van der Waals surface area (Å²) in [6.45, 7) is 0. The van der Waals surface area contributed by atoms with Crippen molar-refractivity contribution in [2.45, 2.75) is 37.5 Å². The first-order chi connectivity index (χ1) is 30.2. The van der Waals surface area contributed by atoms with Crippen molar-refractivity contribution < 1.29 is 0 Å². The minimum atomic E-state index is 0.216. The Bertz CT molecular complexity index is 3140. The first-order valence-corrected chi connectivity index (χ1v) is 22.6. The van der Waals surface area contributed by atoms with Crippen molar-refractivity contribution >= 4 is 38.9 Å². The summed E-state index contributed by atoms with van der Waals surface area (Å²) in [7, 11) is 0. The van der Waals surface area contributed by atoms with Crippen LogP contribution in [0.4, 0.5) is 17.1 Å². The van der Waals surface area contributed by atoms with Gasteiger partial charge in [-0.1, -0.05) is 127 Å². The molecule has 6 atom stereocenters. The fraction of sp³-hybridized carbons (Fsp3) is 0.186. The molecule has 0 saturated heterocycles. The molecule has 1 heterocycles. The third kappa shape index (κ3) is 4.58. The summed E-state index contributed by atoms with van der Waals surface area (Å²) in [6, 6.07) is 72.7. The lowest BCUT2D eigenvalue weighted by atomic mass is 9.49. The van der Waals surface area contributed by atoms with Crippen molar-refractivity contribution in [1.82, 2.24) is 4.57 Å². The Kier molecular flexibility index (Phi) is 6.97. The number of hydrogen-bond donors (Lipinski definition) is 0. The zero-order valence-electron chi connectivity index (χ0n) is 34.2. The second kappa shape index (κ2) is 12.5. The van der Waals surface area contributed by atoms with Crippen molar-refractivity contribution in [2.24, 2.45) is 29.1 Å². The standard InChI is InChI=1S/C59H46N2/c1-2-10-39(11-3-1)40-18-23-45(24-19-40)60(47-27-29-48(30-28-47)61-55-16-8-5-13-50(55)51-14-6-9-17-56(51)61)46-25-20-41(21-26-46)42-22-31-54-52(34-42)49-12-4-7-15-53(49)59(54)44-33-38-32-43-35-57(59)58(43,36-38)37-44/h1-31,34,38,43-44,57H,32-33,35-37H2. The van der Waals surface area contributed by atoms with E-state index in [0.717, 1.165) is 46.4 Å². The molecule has 4 fully saturated rings. The van der Waals surface area contributed by atoms with Gasteiger partial charge >= 0.3 is 0 Å². The largest absolute Gasteiger partial charge is 0.311 e. The molecule has 8 aromatic carbocycles. The molecule has 292 valence electrons. The molecule has 61 heavy (non-hydrogen) atoms. The van der Waals surface area contributed by atoms with Crippen LogP contribution in [0.15, 0.2) is 194 Å². The Morgan fingerprint density at radius 1 is 0.426 bits per heavy atom. The SMILES string of the molecule is c1ccc(-c2ccc(N(c3ccc(-c4ccc5c(c4)-c4ccccc4C54C5CC6CC7CC4C7(C6)C5)cc3)c3ccc(-n4c5ccccc5c5ccccc54)cc3)cc2)cc1. The maximum absolute atomic E-state index is 2.57. The highest BCUT2D eigenvalue weighted by Gasteiger charge is 2.76. The normalized spacial score (nSPS) is 24.9. The maximum Gasteiger partial charge on any atom is 0.0541 e. The van der Waals surface area contributed by atoms with Crippen LogP contribution in [-0.4, -0.2) is 4.57 Å². The first-order valence-electron chi connectivity index (χ1n) is 22.6. The van der Waals surface area contributed by atoms with Gasteiger partial charge in [-0.3, -0.25) is 0 Å². The molecule has 2 heteroatoms. The number of hydrogen-bond acceptors (Lipinski definition) is 1. The van der Waals surface area contributed by atoms with E-state index >= 15 is 0 Å². The van der Waals surface area contributed by atoms with E-state index in [0.29, 0.717) is 5.41 Å². The van der Waals surface area contributed by atoms with Crippen LogP contribution in [-0.2, 0) is 5.41 Å². The van der Waals surface area contributed by atoms with Crippen LogP contribution < -0.4 is 4.90 Å². The predicted octanol–water partition coefficient (Wildman–Crippen LogP) is 15.3. The monoisotopic (exact) mass is 782 g/mol. The Labute approximate surface area is 357 Å². The highest BCUT2D eigenvalue weighted by atomic mass is 15.1. The van der Waals surface area contributed by atoms with Gasteiger partial charge in [-0.05, 0) is 172 Å². The van der Waals surface area contributed by atoms with E-state index in [4.69, 9.17) is 0 Å². The third-order valence-corrected chi connectivity index (χ3v) is 16.5.